The summed E-state index contributed by atoms with van der Waals surface area (Å²) in [7, 11) is 0. The van der Waals surface area contributed by atoms with Gasteiger partial charge in [0.25, 0.3) is 0 Å². The maximum absolute atomic E-state index is 8.90. The number of hydrogen-bond donors (Lipinski definition) is 0. The quantitative estimate of drug-likeness (QED) is 0.181. The summed E-state index contributed by atoms with van der Waals surface area (Å²) in [6.07, 6.45) is 0. The first-order valence-electron chi connectivity index (χ1n) is 20.8. The Kier molecular flexibility index (Phi) is 4.85. The number of fused-ring (bicyclic) bond motifs is 6. The lowest BCUT2D eigenvalue weighted by Crippen LogP contribution is -2.00. The highest BCUT2D eigenvalue weighted by atomic mass is 32.1. The Labute approximate surface area is 310 Å². The van der Waals surface area contributed by atoms with E-state index in [2.05, 4.69) is 18.2 Å². The first kappa shape index (κ1) is 20.5. The van der Waals surface area contributed by atoms with Crippen molar-refractivity contribution >= 4 is 63.0 Å². The zero-order valence-corrected chi connectivity index (χ0v) is 27.6. The molecule has 7 aromatic carbocycles. The number of thiophene rings is 2. The van der Waals surface area contributed by atoms with Gasteiger partial charge in [-0.1, -0.05) is 133 Å². The first-order chi connectivity index (χ1) is 28.9. The van der Waals surface area contributed by atoms with Crippen molar-refractivity contribution < 1.29 is 13.7 Å². The predicted molar refractivity (Wildman–Crippen MR) is 213 cm³/mol. The van der Waals surface area contributed by atoms with E-state index in [0.29, 0.717) is 33.1 Å². The molecule has 0 bridgehead atoms. The summed E-state index contributed by atoms with van der Waals surface area (Å²) in [6, 6.07) is 28.3. The monoisotopic (exact) mass is 683 g/mol. The second kappa shape index (κ2) is 11.8. The van der Waals surface area contributed by atoms with Gasteiger partial charge in [0.2, 0.25) is 0 Å². The van der Waals surface area contributed by atoms with Crippen molar-refractivity contribution in [3.63, 3.8) is 0 Å². The number of nitrogens with zero attached hydrogens (tertiary/aromatic N) is 3. The normalized spacial score (nSPS) is 14.4. The lowest BCUT2D eigenvalue weighted by molar-refractivity contribution is 1.08. The van der Waals surface area contributed by atoms with Crippen molar-refractivity contribution in [2.45, 2.75) is 0 Å². The summed E-state index contributed by atoms with van der Waals surface area (Å²) in [4.78, 5) is 15.1. The zero-order chi connectivity index (χ0) is 41.7. The number of aromatic nitrogens is 3. The molecular formula is C45H27N3S2. The minimum Gasteiger partial charge on any atom is -0.208 e. The standard InChI is InChI=1S/C45H27N3S2/c1-4-13-28(14-5-1)32-25-36(29-15-6-2-7-16-29)42-37(26-32)33-24-23-31(27-40(33)50-42)44-46-43(30-17-8-3-9-18-30)47-45(48-44)35-20-12-22-39-41(35)34-19-10-11-21-38(34)49-39/h1-27H/i1D,2D,4D,5D,6D,7D,13D,14D,15D,16D. The van der Waals surface area contributed by atoms with Gasteiger partial charge in [-0.05, 0) is 47.0 Å². The van der Waals surface area contributed by atoms with Crippen LogP contribution in [0.2, 0.25) is 0 Å². The van der Waals surface area contributed by atoms with Gasteiger partial charge in [-0.3, -0.25) is 0 Å². The lowest BCUT2D eigenvalue weighted by atomic mass is 9.96. The average molecular weight is 684 g/mol. The van der Waals surface area contributed by atoms with Gasteiger partial charge < -0.3 is 0 Å². The second-order valence-electron chi connectivity index (χ2n) is 11.7. The lowest BCUT2D eigenvalue weighted by Gasteiger charge is -2.10. The summed E-state index contributed by atoms with van der Waals surface area (Å²) in [6.45, 7) is 0. The van der Waals surface area contributed by atoms with E-state index < -0.39 is 60.4 Å². The molecule has 0 aliphatic rings. The van der Waals surface area contributed by atoms with E-state index in [9.17, 15) is 0 Å². The fourth-order valence-corrected chi connectivity index (χ4v) is 8.80. The van der Waals surface area contributed by atoms with Crippen LogP contribution in [0.15, 0.2) is 164 Å². The van der Waals surface area contributed by atoms with Crippen LogP contribution in [0.25, 0.3) is 96.8 Å². The Bertz CT molecular complexity index is 3400. The molecule has 234 valence electrons. The fourth-order valence-electron chi connectivity index (χ4n) is 6.43. The summed E-state index contributed by atoms with van der Waals surface area (Å²) in [5.41, 5.74) is 2.78. The highest BCUT2D eigenvalue weighted by Gasteiger charge is 2.19. The summed E-state index contributed by atoms with van der Waals surface area (Å²) in [5.74, 6) is 1.44. The highest BCUT2D eigenvalue weighted by molar-refractivity contribution is 7.26. The van der Waals surface area contributed by atoms with Crippen molar-refractivity contribution in [3.8, 4) is 56.4 Å². The van der Waals surface area contributed by atoms with E-state index in [1.54, 1.807) is 23.5 Å². The Morgan fingerprint density at radius 1 is 0.400 bits per heavy atom. The van der Waals surface area contributed by atoms with E-state index >= 15 is 0 Å². The molecule has 50 heavy (non-hydrogen) atoms. The smallest absolute Gasteiger partial charge is 0.164 e. The number of rotatable bonds is 5. The molecule has 0 atom stereocenters. The van der Waals surface area contributed by atoms with Crippen LogP contribution in [0.4, 0.5) is 0 Å². The third-order valence-corrected chi connectivity index (χ3v) is 11.0. The molecule has 5 heteroatoms. The topological polar surface area (TPSA) is 38.7 Å². The van der Waals surface area contributed by atoms with E-state index in [1.165, 1.54) is 11.3 Å². The molecule has 0 unspecified atom stereocenters. The maximum atomic E-state index is 8.90. The zero-order valence-electron chi connectivity index (χ0n) is 36.0. The van der Waals surface area contributed by atoms with Gasteiger partial charge in [0.05, 0.1) is 13.7 Å². The van der Waals surface area contributed by atoms with Crippen LogP contribution >= 0.6 is 22.7 Å². The van der Waals surface area contributed by atoms with Crippen LogP contribution in [0.1, 0.15) is 13.7 Å². The molecule has 0 N–H and O–H groups in total. The van der Waals surface area contributed by atoms with E-state index in [-0.39, 0.29) is 22.3 Å². The number of hydrogen-bond acceptors (Lipinski definition) is 5. The molecular weight excluding hydrogens is 647 g/mol. The molecule has 3 nitrogen and oxygen atoms in total. The second-order valence-corrected chi connectivity index (χ2v) is 13.8. The van der Waals surface area contributed by atoms with Crippen LogP contribution < -0.4 is 0 Å². The van der Waals surface area contributed by atoms with E-state index in [1.807, 2.05) is 72.8 Å². The van der Waals surface area contributed by atoms with E-state index in [0.717, 1.165) is 41.4 Å². The molecule has 3 aromatic heterocycles. The average Bonchev–Trinajstić information content (AvgIpc) is 3.85. The van der Waals surface area contributed by atoms with Gasteiger partial charge in [0, 0.05) is 62.6 Å². The van der Waals surface area contributed by atoms with Gasteiger partial charge in [0.15, 0.2) is 17.5 Å². The maximum Gasteiger partial charge on any atom is 0.164 e. The Morgan fingerprint density at radius 2 is 1.10 bits per heavy atom. The predicted octanol–water partition coefficient (Wildman–Crippen LogP) is 12.9. The van der Waals surface area contributed by atoms with Crippen LogP contribution in [0.5, 0.6) is 0 Å². The van der Waals surface area contributed by atoms with E-state index in [4.69, 9.17) is 28.7 Å². The minimum absolute atomic E-state index is 0.0586. The van der Waals surface area contributed by atoms with Crippen molar-refractivity contribution in [3.05, 3.63) is 164 Å². The summed E-state index contributed by atoms with van der Waals surface area (Å²) < 4.78 is 89.1. The third kappa shape index (κ3) is 4.90. The van der Waals surface area contributed by atoms with Gasteiger partial charge in [-0.25, -0.2) is 15.0 Å². The molecule has 10 aromatic rings. The SMILES string of the molecule is [2H]c1c([2H])c([2H])c(-c2cc(-c3c([2H])c([2H])c([2H])c([2H])c3[2H])c3sc4cc(-c5nc(-c6ccccc6)nc(-c6cccc7sc8ccccc8c67)n5)ccc4c3c2)c([2H])c1[2H]. The van der Waals surface area contributed by atoms with Crippen molar-refractivity contribution in [2.75, 3.05) is 0 Å². The fraction of sp³-hybridized carbons (Fsp3) is 0. The van der Waals surface area contributed by atoms with Crippen LogP contribution in [-0.4, -0.2) is 15.0 Å². The Balaban J connectivity index is 1.24. The Morgan fingerprint density at radius 3 is 1.92 bits per heavy atom. The van der Waals surface area contributed by atoms with Gasteiger partial charge in [-0.15, -0.1) is 22.7 Å². The minimum atomic E-state index is -0.539. The molecule has 0 amide bonds. The summed E-state index contributed by atoms with van der Waals surface area (Å²) >= 11 is 3.06. The summed E-state index contributed by atoms with van der Waals surface area (Å²) in [5, 5.41) is 3.53. The van der Waals surface area contributed by atoms with Crippen LogP contribution in [0, 0.1) is 0 Å². The van der Waals surface area contributed by atoms with Gasteiger partial charge in [-0.2, -0.15) is 0 Å². The molecule has 0 radical (unpaired) electrons. The largest absolute Gasteiger partial charge is 0.208 e. The molecule has 0 saturated carbocycles. The molecule has 0 saturated heterocycles. The van der Waals surface area contributed by atoms with Gasteiger partial charge >= 0.3 is 0 Å². The van der Waals surface area contributed by atoms with Crippen molar-refractivity contribution in [1.82, 2.24) is 15.0 Å². The van der Waals surface area contributed by atoms with Crippen LogP contribution in [0.3, 0.4) is 0 Å². The molecule has 3 heterocycles. The van der Waals surface area contributed by atoms with Gasteiger partial charge in [0.1, 0.15) is 0 Å². The molecule has 0 fully saturated rings. The van der Waals surface area contributed by atoms with Crippen molar-refractivity contribution in [1.29, 1.82) is 0 Å². The molecule has 0 spiro atoms. The molecule has 0 aliphatic heterocycles. The van der Waals surface area contributed by atoms with Crippen molar-refractivity contribution in [2.24, 2.45) is 0 Å². The van der Waals surface area contributed by atoms with Crippen LogP contribution in [-0.2, 0) is 0 Å². The molecule has 0 aliphatic carbocycles. The molecule has 10 rings (SSSR count). The highest BCUT2D eigenvalue weighted by Crippen LogP contribution is 2.44. The first-order valence-corrected chi connectivity index (χ1v) is 17.4. The Hall–Kier alpha value is -6.01. The number of benzene rings is 7. The third-order valence-electron chi connectivity index (χ3n) is 8.70.